The topological polar surface area (TPSA) is 84.8 Å². The van der Waals surface area contributed by atoms with Gasteiger partial charge in [-0.2, -0.15) is 10.4 Å². The average molecular weight is 323 g/mol. The summed E-state index contributed by atoms with van der Waals surface area (Å²) < 4.78 is 0. The highest BCUT2D eigenvalue weighted by Gasteiger charge is 2.24. The Hall–Kier alpha value is -2.65. The number of nitrogens with zero attached hydrogens (tertiary/aromatic N) is 3. The quantitative estimate of drug-likeness (QED) is 0.886. The van der Waals surface area contributed by atoms with Crippen molar-refractivity contribution < 1.29 is 4.79 Å². The zero-order chi connectivity index (χ0) is 16.8. The van der Waals surface area contributed by atoms with Crippen LogP contribution in [0.2, 0.25) is 0 Å². The lowest BCUT2D eigenvalue weighted by molar-refractivity contribution is -0.116. The zero-order valence-electron chi connectivity index (χ0n) is 13.5. The van der Waals surface area contributed by atoms with Crippen molar-refractivity contribution in [1.82, 2.24) is 15.1 Å². The fourth-order valence-corrected chi connectivity index (χ4v) is 3.23. The zero-order valence-corrected chi connectivity index (χ0v) is 13.5. The van der Waals surface area contributed by atoms with Crippen LogP contribution in [-0.2, 0) is 4.79 Å². The molecule has 6 heteroatoms. The molecular weight excluding hydrogens is 302 g/mol. The van der Waals surface area contributed by atoms with E-state index < -0.39 is 0 Å². The molecule has 1 fully saturated rings. The molecule has 0 bridgehead atoms. The molecule has 0 unspecified atom stereocenters. The van der Waals surface area contributed by atoms with E-state index in [2.05, 4.69) is 26.5 Å². The third-order valence-corrected chi connectivity index (χ3v) is 4.47. The highest BCUT2D eigenvalue weighted by atomic mass is 16.1. The number of benzene rings is 1. The summed E-state index contributed by atoms with van der Waals surface area (Å²) in [7, 11) is 0. The van der Waals surface area contributed by atoms with Crippen molar-refractivity contribution in [3.05, 3.63) is 47.8 Å². The molecular formula is C18H21N5O. The smallest absolute Gasteiger partial charge is 0.225 e. The fraction of sp³-hybridized carbons (Fsp3) is 0.389. The van der Waals surface area contributed by atoms with Crippen LogP contribution in [0.25, 0.3) is 0 Å². The Morgan fingerprint density at radius 1 is 1.42 bits per heavy atom. The Morgan fingerprint density at radius 3 is 3.08 bits per heavy atom. The first-order valence-corrected chi connectivity index (χ1v) is 8.29. The summed E-state index contributed by atoms with van der Waals surface area (Å²) >= 11 is 0. The third-order valence-electron chi connectivity index (χ3n) is 4.47. The second-order valence-corrected chi connectivity index (χ2v) is 6.03. The van der Waals surface area contributed by atoms with E-state index in [0.717, 1.165) is 19.4 Å². The van der Waals surface area contributed by atoms with Crippen LogP contribution in [0.1, 0.15) is 42.9 Å². The van der Waals surface area contributed by atoms with Gasteiger partial charge in [-0.1, -0.05) is 18.6 Å². The molecule has 0 spiro atoms. The first-order valence-electron chi connectivity index (χ1n) is 8.29. The van der Waals surface area contributed by atoms with Crippen molar-refractivity contribution >= 4 is 11.6 Å². The van der Waals surface area contributed by atoms with E-state index in [0.29, 0.717) is 30.3 Å². The minimum absolute atomic E-state index is 0.0609. The van der Waals surface area contributed by atoms with E-state index in [1.165, 1.54) is 12.0 Å². The van der Waals surface area contributed by atoms with Gasteiger partial charge in [0.05, 0.1) is 17.4 Å². The lowest BCUT2D eigenvalue weighted by atomic mass is 9.97. The largest absolute Gasteiger partial charge is 0.325 e. The number of rotatable bonds is 5. The molecule has 1 aliphatic heterocycles. The van der Waals surface area contributed by atoms with Gasteiger partial charge in [-0.05, 0) is 31.5 Å². The summed E-state index contributed by atoms with van der Waals surface area (Å²) in [5.74, 6) is -0.0609. The molecule has 6 nitrogen and oxygen atoms in total. The normalized spacial score (nSPS) is 18.0. The van der Waals surface area contributed by atoms with E-state index in [4.69, 9.17) is 5.26 Å². The van der Waals surface area contributed by atoms with Gasteiger partial charge >= 0.3 is 0 Å². The molecule has 1 aromatic heterocycles. The van der Waals surface area contributed by atoms with Crippen molar-refractivity contribution in [2.75, 3.05) is 18.4 Å². The van der Waals surface area contributed by atoms with Gasteiger partial charge in [0.1, 0.15) is 6.07 Å². The Bertz CT molecular complexity index is 719. The Balaban J connectivity index is 1.58. The number of carbonyl (C=O) groups excluding carboxylic acids is 1. The molecule has 1 aliphatic rings. The number of likely N-dealkylation sites (tertiary alicyclic amines) is 1. The lowest BCUT2D eigenvalue weighted by Crippen LogP contribution is -2.35. The number of aromatic amines is 1. The Kier molecular flexibility index (Phi) is 5.24. The van der Waals surface area contributed by atoms with Gasteiger partial charge in [0.15, 0.2) is 0 Å². The van der Waals surface area contributed by atoms with Crippen LogP contribution in [0, 0.1) is 11.3 Å². The lowest BCUT2D eigenvalue weighted by Gasteiger charge is -2.35. The van der Waals surface area contributed by atoms with E-state index in [1.54, 1.807) is 18.2 Å². The van der Waals surface area contributed by atoms with E-state index >= 15 is 0 Å². The van der Waals surface area contributed by atoms with Crippen LogP contribution in [-0.4, -0.2) is 34.1 Å². The minimum atomic E-state index is -0.0609. The number of piperidine rings is 1. The van der Waals surface area contributed by atoms with Crippen LogP contribution in [0.4, 0.5) is 5.69 Å². The van der Waals surface area contributed by atoms with Gasteiger partial charge in [-0.15, -0.1) is 0 Å². The molecule has 2 heterocycles. The monoisotopic (exact) mass is 323 g/mol. The summed E-state index contributed by atoms with van der Waals surface area (Å²) in [6, 6.07) is 9.49. The van der Waals surface area contributed by atoms with Gasteiger partial charge in [-0.3, -0.25) is 14.8 Å². The van der Waals surface area contributed by atoms with Gasteiger partial charge < -0.3 is 5.32 Å². The average Bonchev–Trinajstić information content (AvgIpc) is 3.15. The molecule has 0 radical (unpaired) electrons. The molecule has 2 aromatic rings. The Labute approximate surface area is 141 Å². The third kappa shape index (κ3) is 3.81. The number of hydrogen-bond donors (Lipinski definition) is 2. The van der Waals surface area contributed by atoms with Crippen LogP contribution >= 0.6 is 0 Å². The number of H-pyrrole nitrogens is 1. The maximum absolute atomic E-state index is 12.3. The van der Waals surface area contributed by atoms with Crippen LogP contribution < -0.4 is 5.32 Å². The maximum Gasteiger partial charge on any atom is 0.225 e. The van der Waals surface area contributed by atoms with E-state index in [-0.39, 0.29) is 5.91 Å². The predicted molar refractivity (Wildman–Crippen MR) is 91.2 cm³/mol. The summed E-state index contributed by atoms with van der Waals surface area (Å²) in [5, 5.41) is 18.8. The summed E-state index contributed by atoms with van der Waals surface area (Å²) in [6.45, 7) is 1.70. The number of para-hydroxylation sites is 1. The number of nitrogens with one attached hydrogen (secondary N) is 2. The molecule has 0 aliphatic carbocycles. The number of amides is 1. The summed E-state index contributed by atoms with van der Waals surface area (Å²) in [5.41, 5.74) is 2.25. The number of carbonyl (C=O) groups is 1. The molecule has 3 rings (SSSR count). The number of aromatic nitrogens is 2. The molecule has 1 amide bonds. The maximum atomic E-state index is 12.3. The van der Waals surface area contributed by atoms with Gasteiger partial charge in [0, 0.05) is 30.8 Å². The Morgan fingerprint density at radius 2 is 2.29 bits per heavy atom. The summed E-state index contributed by atoms with van der Waals surface area (Å²) in [6.07, 6.45) is 7.67. The SMILES string of the molecule is N#Cc1ccccc1NC(=O)CCN1CCCC[C@@H]1c1cn[nH]c1. The number of hydrogen-bond acceptors (Lipinski definition) is 4. The van der Waals surface area contributed by atoms with Gasteiger partial charge in [-0.25, -0.2) is 0 Å². The standard InChI is InChI=1S/C18H21N5O/c19-11-14-5-1-2-6-16(14)22-18(24)8-10-23-9-4-3-7-17(23)15-12-20-21-13-15/h1-2,5-6,12-13,17H,3-4,7-10H2,(H,20,21)(H,22,24)/t17-/m1/s1. The molecule has 1 saturated heterocycles. The molecule has 1 aromatic carbocycles. The highest BCUT2D eigenvalue weighted by Crippen LogP contribution is 2.30. The van der Waals surface area contributed by atoms with Gasteiger partial charge in [0.25, 0.3) is 0 Å². The molecule has 24 heavy (non-hydrogen) atoms. The number of anilines is 1. The number of nitriles is 1. The summed E-state index contributed by atoms with van der Waals surface area (Å²) in [4.78, 5) is 14.6. The van der Waals surface area contributed by atoms with Crippen LogP contribution in [0.15, 0.2) is 36.7 Å². The first-order chi connectivity index (χ1) is 11.8. The molecule has 124 valence electrons. The predicted octanol–water partition coefficient (Wildman–Crippen LogP) is 2.84. The fourth-order valence-electron chi connectivity index (χ4n) is 3.23. The van der Waals surface area contributed by atoms with Crippen molar-refractivity contribution in [2.45, 2.75) is 31.7 Å². The second-order valence-electron chi connectivity index (χ2n) is 6.03. The van der Waals surface area contributed by atoms with Crippen molar-refractivity contribution in [2.24, 2.45) is 0 Å². The van der Waals surface area contributed by atoms with E-state index in [9.17, 15) is 4.79 Å². The first kappa shape index (κ1) is 16.2. The van der Waals surface area contributed by atoms with Crippen LogP contribution in [0.3, 0.4) is 0 Å². The van der Waals surface area contributed by atoms with Gasteiger partial charge in [0.2, 0.25) is 5.91 Å². The minimum Gasteiger partial charge on any atom is -0.325 e. The molecule has 0 saturated carbocycles. The van der Waals surface area contributed by atoms with E-state index in [1.807, 2.05) is 18.5 Å². The van der Waals surface area contributed by atoms with Crippen molar-refractivity contribution in [1.29, 1.82) is 5.26 Å². The second kappa shape index (κ2) is 7.75. The van der Waals surface area contributed by atoms with Crippen molar-refractivity contribution in [3.63, 3.8) is 0 Å². The molecule has 1 atom stereocenters. The van der Waals surface area contributed by atoms with Crippen LogP contribution in [0.5, 0.6) is 0 Å². The van der Waals surface area contributed by atoms with Crippen molar-refractivity contribution in [3.8, 4) is 6.07 Å². The molecule has 2 N–H and O–H groups in total. The highest BCUT2D eigenvalue weighted by molar-refractivity contribution is 5.92.